The van der Waals surface area contributed by atoms with Crippen LogP contribution in [0.25, 0.3) is 0 Å². The van der Waals surface area contributed by atoms with E-state index in [9.17, 15) is 8.42 Å². The molecule has 0 bridgehead atoms. The van der Waals surface area contributed by atoms with Gasteiger partial charge in [-0.15, -0.1) is 0 Å². The van der Waals surface area contributed by atoms with E-state index in [1.807, 2.05) is 11.8 Å². The minimum absolute atomic E-state index is 0.0971. The van der Waals surface area contributed by atoms with Crippen molar-refractivity contribution in [3.05, 3.63) is 0 Å². The van der Waals surface area contributed by atoms with E-state index in [4.69, 9.17) is 17.0 Å². The van der Waals surface area contributed by atoms with Gasteiger partial charge in [-0.1, -0.05) is 24.6 Å². The lowest BCUT2D eigenvalue weighted by atomic mass is 10.3. The van der Waals surface area contributed by atoms with E-state index in [2.05, 4.69) is 5.53 Å². The van der Waals surface area contributed by atoms with Gasteiger partial charge in [-0.3, -0.25) is 5.41 Å². The van der Waals surface area contributed by atoms with Crippen LogP contribution in [0.15, 0.2) is 0 Å². The molecule has 0 atom stereocenters. The Balaban J connectivity index is 4.17. The number of hydrazine groups is 1. The van der Waals surface area contributed by atoms with Crippen molar-refractivity contribution in [3.8, 4) is 0 Å². The summed E-state index contributed by atoms with van der Waals surface area (Å²) in [6, 6.07) is 0. The second kappa shape index (κ2) is 6.56. The average molecular weight is 235 g/mol. The summed E-state index contributed by atoms with van der Waals surface area (Å²) in [5.41, 5.74) is 7.43. The fourth-order valence-corrected chi connectivity index (χ4v) is 1.91. The summed E-state index contributed by atoms with van der Waals surface area (Å²) in [5, 5.41) is 7.15. The standard InChI is InChI=1S/C6H15N6O2S/c1-2-3-4-5-15(13,14)11-12(10-9)6(7)8/h11H,2-5H2,1H3,(H3,7,8)/q+1. The number of nitrogens with one attached hydrogen (secondary N) is 2. The van der Waals surface area contributed by atoms with Gasteiger partial charge in [-0.05, 0) is 6.42 Å². The van der Waals surface area contributed by atoms with Crippen LogP contribution in [0.5, 0.6) is 0 Å². The van der Waals surface area contributed by atoms with E-state index in [0.717, 1.165) is 12.8 Å². The Morgan fingerprint density at radius 3 is 2.60 bits per heavy atom. The van der Waals surface area contributed by atoms with Crippen LogP contribution in [0.2, 0.25) is 0 Å². The van der Waals surface area contributed by atoms with Crippen LogP contribution < -0.4 is 21.9 Å². The Morgan fingerprint density at radius 1 is 1.60 bits per heavy atom. The summed E-state index contributed by atoms with van der Waals surface area (Å²) in [7, 11) is -3.61. The number of guanidine groups is 1. The SMILES string of the molecule is CCCCCS(=O)(=O)NN([N+][N])C(=N)N. The van der Waals surface area contributed by atoms with Crippen molar-refractivity contribution in [1.82, 2.24) is 21.3 Å². The molecule has 8 nitrogen and oxygen atoms in total. The van der Waals surface area contributed by atoms with Gasteiger partial charge in [0.05, 0.1) is 5.75 Å². The zero-order valence-electron chi connectivity index (χ0n) is 8.47. The summed E-state index contributed by atoms with van der Waals surface area (Å²) in [6.45, 7) is 1.95. The molecule has 9 heteroatoms. The molecular formula is C6H15N6O2S+. The highest BCUT2D eigenvalue weighted by molar-refractivity contribution is 7.89. The number of sulfonamides is 1. The third kappa shape index (κ3) is 6.23. The molecule has 0 aromatic heterocycles. The quantitative estimate of drug-likeness (QED) is 0.219. The van der Waals surface area contributed by atoms with Gasteiger partial charge in [0.15, 0.2) is 0 Å². The maximum atomic E-state index is 11.3. The number of rotatable bonds is 7. The molecule has 0 rings (SSSR count). The highest BCUT2D eigenvalue weighted by atomic mass is 32.2. The molecule has 0 aliphatic carbocycles. The fraction of sp³-hybridized carbons (Fsp3) is 0.833. The van der Waals surface area contributed by atoms with Crippen LogP contribution in [0.3, 0.4) is 0 Å². The highest BCUT2D eigenvalue weighted by Gasteiger charge is 2.26. The first-order chi connectivity index (χ1) is 6.93. The molecule has 0 amide bonds. The van der Waals surface area contributed by atoms with Crippen molar-refractivity contribution in [2.24, 2.45) is 5.73 Å². The van der Waals surface area contributed by atoms with E-state index < -0.39 is 16.0 Å². The molecule has 4 radical (unpaired) electrons. The smallest absolute Gasteiger partial charge is 0.364 e. The number of nitrogens with two attached hydrogens (primary N) is 1. The molecule has 0 fully saturated rings. The van der Waals surface area contributed by atoms with Crippen molar-refractivity contribution in [3.63, 3.8) is 0 Å². The Hall–Kier alpha value is -0.900. The molecule has 0 saturated carbocycles. The first kappa shape index (κ1) is 14.1. The number of nitrogens with zero attached hydrogens (tertiary/aromatic N) is 3. The molecule has 0 unspecified atom stereocenters. The topological polar surface area (TPSA) is 136 Å². The molecule has 0 aliphatic heterocycles. The summed E-state index contributed by atoms with van der Waals surface area (Å²) in [4.78, 5) is 1.84. The molecule has 0 spiro atoms. The van der Waals surface area contributed by atoms with Crippen LogP contribution in [0.4, 0.5) is 0 Å². The van der Waals surface area contributed by atoms with Crippen molar-refractivity contribution >= 4 is 16.0 Å². The second-order valence-electron chi connectivity index (χ2n) is 2.90. The molecule has 0 heterocycles. The summed E-state index contributed by atoms with van der Waals surface area (Å²) in [5.74, 6) is 7.53. The molecular weight excluding hydrogens is 220 g/mol. The maximum Gasteiger partial charge on any atom is 0.406 e. The van der Waals surface area contributed by atoms with Crippen molar-refractivity contribution in [1.29, 1.82) is 5.41 Å². The lowest BCUT2D eigenvalue weighted by Gasteiger charge is -2.07. The van der Waals surface area contributed by atoms with Gasteiger partial charge in [0, 0.05) is 5.12 Å². The van der Waals surface area contributed by atoms with Crippen molar-refractivity contribution < 1.29 is 8.42 Å². The third-order valence-corrected chi connectivity index (χ3v) is 2.84. The molecule has 0 aromatic rings. The first-order valence-corrected chi connectivity index (χ1v) is 6.07. The van der Waals surface area contributed by atoms with Crippen LogP contribution in [-0.4, -0.2) is 25.2 Å². The largest absolute Gasteiger partial charge is 0.406 e. The Kier molecular flexibility index (Phi) is 6.17. The summed E-state index contributed by atoms with van der Waals surface area (Å²) < 4.78 is 22.6. The highest BCUT2D eigenvalue weighted by Crippen LogP contribution is 1.97. The van der Waals surface area contributed by atoms with Crippen LogP contribution in [0.1, 0.15) is 26.2 Å². The Labute approximate surface area is 89.5 Å². The molecule has 0 saturated heterocycles. The Bertz CT molecular complexity index is 290. The molecule has 0 aliphatic rings. The maximum absolute atomic E-state index is 11.3. The predicted molar refractivity (Wildman–Crippen MR) is 54.5 cm³/mol. The molecule has 15 heavy (non-hydrogen) atoms. The van der Waals surface area contributed by atoms with E-state index in [0.29, 0.717) is 6.42 Å². The normalized spacial score (nSPS) is 11.3. The van der Waals surface area contributed by atoms with E-state index in [-0.39, 0.29) is 10.9 Å². The number of hydrogen-bond donors (Lipinski definition) is 3. The number of hydrogen-bond acceptors (Lipinski definition) is 3. The summed E-state index contributed by atoms with van der Waals surface area (Å²) in [6.07, 6.45) is 2.19. The van der Waals surface area contributed by atoms with Gasteiger partial charge in [-0.2, -0.15) is 0 Å². The van der Waals surface area contributed by atoms with Crippen LogP contribution >= 0.6 is 0 Å². The molecule has 0 aromatic carbocycles. The zero-order valence-corrected chi connectivity index (χ0v) is 9.29. The lowest BCUT2D eigenvalue weighted by Crippen LogP contribution is -2.53. The minimum Gasteiger partial charge on any atom is -0.364 e. The molecule has 86 valence electrons. The van der Waals surface area contributed by atoms with Crippen molar-refractivity contribution in [2.75, 3.05) is 5.75 Å². The zero-order chi connectivity index (χ0) is 11.9. The Morgan fingerprint density at radius 2 is 2.20 bits per heavy atom. The van der Waals surface area contributed by atoms with Gasteiger partial charge in [0.25, 0.3) is 5.96 Å². The van der Waals surface area contributed by atoms with E-state index in [1.54, 1.807) is 0 Å². The van der Waals surface area contributed by atoms with Gasteiger partial charge < -0.3 is 5.73 Å². The van der Waals surface area contributed by atoms with Crippen LogP contribution in [-0.2, 0) is 10.0 Å². The second-order valence-corrected chi connectivity index (χ2v) is 4.72. The average Bonchev–Trinajstić information content (AvgIpc) is 2.14. The van der Waals surface area contributed by atoms with Gasteiger partial charge in [0.2, 0.25) is 10.0 Å². The van der Waals surface area contributed by atoms with Gasteiger partial charge >= 0.3 is 11.4 Å². The van der Waals surface area contributed by atoms with Crippen LogP contribution in [0, 0.1) is 5.41 Å². The summed E-state index contributed by atoms with van der Waals surface area (Å²) >= 11 is 0. The molecule has 4 N–H and O–H groups in total. The third-order valence-electron chi connectivity index (χ3n) is 1.56. The number of unbranched alkanes of at least 4 members (excludes halogenated alkanes) is 2. The fourth-order valence-electron chi connectivity index (χ4n) is 0.835. The predicted octanol–water partition coefficient (Wildman–Crippen LogP) is -1.29. The lowest BCUT2D eigenvalue weighted by molar-refractivity contribution is 0.256. The minimum atomic E-state index is -3.61. The van der Waals surface area contributed by atoms with E-state index >= 15 is 0 Å². The van der Waals surface area contributed by atoms with E-state index in [1.165, 1.54) is 0 Å². The van der Waals surface area contributed by atoms with Gasteiger partial charge in [0.1, 0.15) is 0 Å². The monoisotopic (exact) mass is 235 g/mol. The first-order valence-electron chi connectivity index (χ1n) is 4.42. The van der Waals surface area contributed by atoms with Crippen molar-refractivity contribution in [2.45, 2.75) is 26.2 Å². The van der Waals surface area contributed by atoms with Gasteiger partial charge in [-0.25, -0.2) is 8.42 Å².